The van der Waals surface area contributed by atoms with Gasteiger partial charge in [-0.05, 0) is 30.9 Å². The molecular formula is C16H23F2N5O. The van der Waals surface area contributed by atoms with Gasteiger partial charge in [0.25, 0.3) is 5.92 Å². The molecule has 1 aromatic heterocycles. The average Bonchev–Trinajstić information content (AvgIpc) is 2.57. The number of hydrogen-bond donors (Lipinski definition) is 0. The second-order valence-corrected chi connectivity index (χ2v) is 5.93. The van der Waals surface area contributed by atoms with Crippen LogP contribution in [0.4, 0.5) is 14.6 Å². The van der Waals surface area contributed by atoms with Gasteiger partial charge in [0, 0.05) is 30.5 Å². The van der Waals surface area contributed by atoms with Gasteiger partial charge in [0.05, 0.1) is 13.2 Å². The molecule has 1 aromatic rings. The zero-order valence-electron chi connectivity index (χ0n) is 13.7. The van der Waals surface area contributed by atoms with Crippen molar-refractivity contribution in [3.05, 3.63) is 28.6 Å². The number of pyridine rings is 1. The Morgan fingerprint density at radius 2 is 2.12 bits per heavy atom. The smallest absolute Gasteiger partial charge is 0.265 e. The highest BCUT2D eigenvalue weighted by atomic mass is 19.3. The topological polar surface area (TPSA) is 74.1 Å². The number of hydrogen-bond acceptors (Lipinski definition) is 4. The van der Waals surface area contributed by atoms with Crippen LogP contribution in [0.3, 0.4) is 0 Å². The molecule has 132 valence electrons. The van der Waals surface area contributed by atoms with Gasteiger partial charge in [0.2, 0.25) is 5.88 Å². The number of ether oxygens (including phenoxy) is 1. The normalized spacial score (nSPS) is 16.5. The van der Waals surface area contributed by atoms with Crippen LogP contribution < -0.4 is 9.64 Å². The summed E-state index contributed by atoms with van der Waals surface area (Å²) in [6.45, 7) is 1.38. The third kappa shape index (κ3) is 6.20. The molecule has 1 aliphatic rings. The highest BCUT2D eigenvalue weighted by Gasteiger charge is 2.35. The fourth-order valence-electron chi connectivity index (χ4n) is 2.68. The van der Waals surface area contributed by atoms with Gasteiger partial charge < -0.3 is 9.64 Å². The van der Waals surface area contributed by atoms with Crippen molar-refractivity contribution in [3.63, 3.8) is 0 Å². The zero-order chi connectivity index (χ0) is 17.3. The molecule has 0 spiro atoms. The molecule has 2 rings (SSSR count). The van der Waals surface area contributed by atoms with Crippen LogP contribution >= 0.6 is 0 Å². The number of azide groups is 1. The van der Waals surface area contributed by atoms with Gasteiger partial charge in [-0.25, -0.2) is 8.78 Å². The standard InChI is InChI=1S/C16H23F2N5O/c17-16(18)9-6-11-23(13-16)14-7-5-8-15(21-14)24-12-4-2-1-3-10-20-22-19/h5,7-8H,1-4,6,9-13H2. The number of anilines is 1. The second-order valence-electron chi connectivity index (χ2n) is 5.93. The molecule has 24 heavy (non-hydrogen) atoms. The molecule has 6 nitrogen and oxygen atoms in total. The Morgan fingerprint density at radius 1 is 1.29 bits per heavy atom. The summed E-state index contributed by atoms with van der Waals surface area (Å²) in [4.78, 5) is 8.66. The first-order valence-corrected chi connectivity index (χ1v) is 8.34. The largest absolute Gasteiger partial charge is 0.478 e. The Bertz CT molecular complexity index is 563. The maximum Gasteiger partial charge on any atom is 0.265 e. The molecule has 1 saturated heterocycles. The molecule has 2 heterocycles. The monoisotopic (exact) mass is 339 g/mol. The summed E-state index contributed by atoms with van der Waals surface area (Å²) in [5.74, 6) is -1.64. The molecule has 0 aliphatic carbocycles. The summed E-state index contributed by atoms with van der Waals surface area (Å²) in [6, 6.07) is 5.27. The van der Waals surface area contributed by atoms with Crippen molar-refractivity contribution < 1.29 is 13.5 Å². The highest BCUT2D eigenvalue weighted by molar-refractivity contribution is 5.41. The number of aromatic nitrogens is 1. The maximum atomic E-state index is 13.5. The number of nitrogens with zero attached hydrogens (tertiary/aromatic N) is 5. The van der Waals surface area contributed by atoms with E-state index in [-0.39, 0.29) is 13.0 Å². The summed E-state index contributed by atoms with van der Waals surface area (Å²) >= 11 is 0. The van der Waals surface area contributed by atoms with E-state index in [1.165, 1.54) is 0 Å². The molecular weight excluding hydrogens is 316 g/mol. The third-order valence-corrected chi connectivity index (χ3v) is 3.89. The van der Waals surface area contributed by atoms with Gasteiger partial charge in [-0.15, -0.1) is 0 Å². The zero-order valence-corrected chi connectivity index (χ0v) is 13.7. The summed E-state index contributed by atoms with van der Waals surface area (Å²) in [5.41, 5.74) is 8.16. The SMILES string of the molecule is [N-]=[N+]=NCCCCCCOc1cccc(N2CCCC(F)(F)C2)n1. The van der Waals surface area contributed by atoms with E-state index in [9.17, 15) is 8.78 Å². The lowest BCUT2D eigenvalue weighted by Gasteiger charge is -2.33. The van der Waals surface area contributed by atoms with Crippen LogP contribution in [0, 0.1) is 0 Å². The van der Waals surface area contributed by atoms with Gasteiger partial charge in [-0.3, -0.25) is 0 Å². The minimum Gasteiger partial charge on any atom is -0.478 e. The number of halogens is 2. The number of rotatable bonds is 9. The van der Waals surface area contributed by atoms with Crippen LogP contribution in [0.5, 0.6) is 5.88 Å². The molecule has 0 radical (unpaired) electrons. The molecule has 1 aliphatic heterocycles. The Balaban J connectivity index is 1.73. The van der Waals surface area contributed by atoms with Crippen LogP contribution in [0.15, 0.2) is 23.3 Å². The minimum atomic E-state index is -2.65. The fourth-order valence-corrected chi connectivity index (χ4v) is 2.68. The molecule has 0 N–H and O–H groups in total. The Labute approximate surface area is 140 Å². The third-order valence-electron chi connectivity index (χ3n) is 3.89. The van der Waals surface area contributed by atoms with E-state index in [1.54, 1.807) is 23.1 Å². The van der Waals surface area contributed by atoms with E-state index in [2.05, 4.69) is 15.0 Å². The van der Waals surface area contributed by atoms with Crippen LogP contribution in [-0.4, -0.2) is 37.1 Å². The lowest BCUT2D eigenvalue weighted by atomic mass is 10.1. The first-order valence-electron chi connectivity index (χ1n) is 8.34. The first-order chi connectivity index (χ1) is 11.6. The van der Waals surface area contributed by atoms with E-state index in [0.717, 1.165) is 25.7 Å². The van der Waals surface area contributed by atoms with E-state index in [0.29, 0.717) is 37.8 Å². The average molecular weight is 339 g/mol. The van der Waals surface area contributed by atoms with Gasteiger partial charge >= 0.3 is 0 Å². The first kappa shape index (κ1) is 18.3. The van der Waals surface area contributed by atoms with E-state index >= 15 is 0 Å². The van der Waals surface area contributed by atoms with Crippen molar-refractivity contribution in [2.45, 2.75) is 44.4 Å². The van der Waals surface area contributed by atoms with E-state index < -0.39 is 5.92 Å². The maximum absolute atomic E-state index is 13.5. The van der Waals surface area contributed by atoms with Crippen LogP contribution in [0.2, 0.25) is 0 Å². The van der Waals surface area contributed by atoms with Gasteiger partial charge in [-0.2, -0.15) is 4.98 Å². The summed E-state index contributed by atoms with van der Waals surface area (Å²) in [7, 11) is 0. The van der Waals surface area contributed by atoms with Crippen molar-refractivity contribution in [1.29, 1.82) is 0 Å². The molecule has 0 aromatic carbocycles. The summed E-state index contributed by atoms with van der Waals surface area (Å²) in [6.07, 6.45) is 4.14. The van der Waals surface area contributed by atoms with E-state index in [4.69, 9.17) is 10.3 Å². The van der Waals surface area contributed by atoms with Crippen molar-refractivity contribution in [2.75, 3.05) is 31.1 Å². The molecule has 8 heteroatoms. The quantitative estimate of drug-likeness (QED) is 0.286. The molecule has 0 unspecified atom stereocenters. The Hall–Kier alpha value is -2.08. The Morgan fingerprint density at radius 3 is 2.92 bits per heavy atom. The van der Waals surface area contributed by atoms with Gasteiger partial charge in [0.1, 0.15) is 5.82 Å². The predicted octanol–water partition coefficient (Wildman–Crippen LogP) is 4.57. The van der Waals surface area contributed by atoms with Crippen molar-refractivity contribution >= 4 is 5.82 Å². The van der Waals surface area contributed by atoms with Crippen molar-refractivity contribution in [3.8, 4) is 5.88 Å². The van der Waals surface area contributed by atoms with Crippen LogP contribution in [-0.2, 0) is 0 Å². The number of piperidine rings is 1. The molecule has 1 fully saturated rings. The minimum absolute atomic E-state index is 0.0562. The highest BCUT2D eigenvalue weighted by Crippen LogP contribution is 2.29. The molecule has 0 saturated carbocycles. The lowest BCUT2D eigenvalue weighted by molar-refractivity contribution is -0.0118. The summed E-state index contributed by atoms with van der Waals surface area (Å²) < 4.78 is 32.6. The van der Waals surface area contributed by atoms with Crippen LogP contribution in [0.25, 0.3) is 10.4 Å². The molecule has 0 amide bonds. The fraction of sp³-hybridized carbons (Fsp3) is 0.688. The van der Waals surface area contributed by atoms with E-state index in [1.807, 2.05) is 0 Å². The number of unbranched alkanes of at least 4 members (excludes halogenated alkanes) is 3. The molecule has 0 bridgehead atoms. The molecule has 0 atom stereocenters. The summed E-state index contributed by atoms with van der Waals surface area (Å²) in [5, 5.41) is 3.48. The van der Waals surface area contributed by atoms with Crippen molar-refractivity contribution in [2.24, 2.45) is 5.11 Å². The predicted molar refractivity (Wildman–Crippen MR) is 88.6 cm³/mol. The lowest BCUT2D eigenvalue weighted by Crippen LogP contribution is -2.43. The van der Waals surface area contributed by atoms with Crippen LogP contribution in [0.1, 0.15) is 38.5 Å². The second kappa shape index (κ2) is 9.27. The Kier molecular flexibility index (Phi) is 7.06. The number of alkyl halides is 2. The van der Waals surface area contributed by atoms with Gasteiger partial charge in [0.15, 0.2) is 0 Å². The van der Waals surface area contributed by atoms with Gasteiger partial charge in [-0.1, -0.05) is 24.0 Å². The van der Waals surface area contributed by atoms with Crippen molar-refractivity contribution in [1.82, 2.24) is 4.98 Å².